The quantitative estimate of drug-likeness (QED) is 0.602. The van der Waals surface area contributed by atoms with Crippen LogP contribution in [0.4, 0.5) is 5.82 Å². The summed E-state index contributed by atoms with van der Waals surface area (Å²) in [6.45, 7) is 5.60. The Kier molecular flexibility index (Phi) is 14.6. The maximum Gasteiger partial charge on any atom is 2.00 e. The zero-order chi connectivity index (χ0) is 9.94. The van der Waals surface area contributed by atoms with Crippen LogP contribution in [0.2, 0.25) is 0 Å². The first-order valence-corrected chi connectivity index (χ1v) is 4.14. The predicted molar refractivity (Wildman–Crippen MR) is 54.1 cm³/mol. The van der Waals surface area contributed by atoms with Gasteiger partial charge < -0.3 is 17.0 Å². The van der Waals surface area contributed by atoms with Crippen LogP contribution in [-0.4, -0.2) is 17.8 Å². The van der Waals surface area contributed by atoms with E-state index in [4.69, 9.17) is 0 Å². The van der Waals surface area contributed by atoms with Crippen molar-refractivity contribution in [3.8, 4) is 0 Å². The molecule has 0 aliphatic rings. The van der Waals surface area contributed by atoms with Crippen molar-refractivity contribution in [3.05, 3.63) is 31.3 Å². The number of rotatable bonds is 4. The number of nitrogens with one attached hydrogen (secondary N) is 1. The van der Waals surface area contributed by atoms with E-state index in [0.717, 1.165) is 5.82 Å². The van der Waals surface area contributed by atoms with E-state index in [1.807, 2.05) is 18.2 Å². The minimum absolute atomic E-state index is 0. The van der Waals surface area contributed by atoms with E-state index >= 15 is 0 Å². The molecule has 14 heavy (non-hydrogen) atoms. The number of aromatic nitrogens is 1. The smallest absolute Gasteiger partial charge is 0.542 e. The monoisotopic (exact) mass is 416 g/mol. The van der Waals surface area contributed by atoms with E-state index in [1.165, 1.54) is 0 Å². The van der Waals surface area contributed by atoms with Crippen molar-refractivity contribution in [2.24, 2.45) is 0 Å². The zero-order valence-electron chi connectivity index (χ0n) is 8.29. The van der Waals surface area contributed by atoms with Gasteiger partial charge in [0.25, 0.3) is 0 Å². The van der Waals surface area contributed by atoms with Crippen LogP contribution in [0.3, 0.4) is 0 Å². The Labute approximate surface area is 109 Å². The Morgan fingerprint density at radius 2 is 2.21 bits per heavy atom. The molecule has 4 heteroatoms. The van der Waals surface area contributed by atoms with Crippen molar-refractivity contribution >= 4 is 12.1 Å². The largest absolute Gasteiger partial charge is 2.00 e. The SMILES string of the molecule is O=[C-]CCNc1ccccn1.[CH2-]C.[U+2]. The number of hydrogen-bond donors (Lipinski definition) is 1. The molecule has 0 atom stereocenters. The molecular weight excluding hydrogens is 402 g/mol. The van der Waals surface area contributed by atoms with E-state index in [2.05, 4.69) is 17.2 Å². The van der Waals surface area contributed by atoms with Crippen molar-refractivity contribution in [1.82, 2.24) is 4.98 Å². The Hall–Kier alpha value is -0.328. The van der Waals surface area contributed by atoms with Crippen LogP contribution < -0.4 is 5.32 Å². The molecule has 74 valence electrons. The molecule has 0 unspecified atom stereocenters. The topological polar surface area (TPSA) is 42.0 Å². The van der Waals surface area contributed by atoms with Crippen LogP contribution >= 0.6 is 0 Å². The number of nitrogens with zero attached hydrogens (tertiary/aromatic N) is 1. The third kappa shape index (κ3) is 8.28. The summed E-state index contributed by atoms with van der Waals surface area (Å²) < 4.78 is 0. The molecule has 0 aliphatic carbocycles. The molecule has 1 aromatic rings. The molecule has 1 heterocycles. The first kappa shape index (κ1) is 16.1. The second-order valence-corrected chi connectivity index (χ2v) is 2.04. The molecule has 0 aromatic carbocycles. The standard InChI is InChI=1S/C8H9N2O.C2H5.U/c11-7-3-6-10-8-4-1-2-5-9-8;1-2;/h1-2,4-5H,3,6H2,(H,9,10);1H2,2H3;/q2*-1;+2. The first-order valence-electron chi connectivity index (χ1n) is 4.14. The Bertz CT molecular complexity index is 217. The normalized spacial score (nSPS) is 7.57. The second kappa shape index (κ2) is 12.7. The number of hydrogen-bond acceptors (Lipinski definition) is 3. The molecule has 3 nitrogen and oxygen atoms in total. The maximum absolute atomic E-state index is 9.81. The molecule has 1 rings (SSSR count). The van der Waals surface area contributed by atoms with Gasteiger partial charge in [0.2, 0.25) is 0 Å². The van der Waals surface area contributed by atoms with Gasteiger partial charge in [-0.3, -0.25) is 6.29 Å². The summed E-state index contributed by atoms with van der Waals surface area (Å²) in [5.74, 6) is 0.794. The molecule has 0 aliphatic heterocycles. The summed E-state index contributed by atoms with van der Waals surface area (Å²) in [6.07, 6.45) is 3.90. The third-order valence-corrected chi connectivity index (χ3v) is 1.20. The van der Waals surface area contributed by atoms with Crippen LogP contribution in [0.15, 0.2) is 24.4 Å². The average molecular weight is 416 g/mol. The minimum atomic E-state index is 0. The van der Waals surface area contributed by atoms with Gasteiger partial charge in [-0.05, 0) is 18.7 Å². The average Bonchev–Trinajstić information content (AvgIpc) is 2.23. The second-order valence-electron chi connectivity index (χ2n) is 2.04. The molecule has 0 saturated heterocycles. The van der Waals surface area contributed by atoms with Crippen LogP contribution in [0.1, 0.15) is 13.3 Å². The van der Waals surface area contributed by atoms with E-state index < -0.39 is 0 Å². The van der Waals surface area contributed by atoms with Gasteiger partial charge in [-0.15, -0.1) is 6.42 Å². The number of pyridine rings is 1. The van der Waals surface area contributed by atoms with E-state index in [0.29, 0.717) is 13.0 Å². The summed E-state index contributed by atoms with van der Waals surface area (Å²) >= 11 is 0. The van der Waals surface area contributed by atoms with Gasteiger partial charge in [0.05, 0.1) is 0 Å². The van der Waals surface area contributed by atoms with Crippen LogP contribution in [-0.2, 0) is 4.79 Å². The van der Waals surface area contributed by atoms with Gasteiger partial charge in [-0.1, -0.05) is 6.07 Å². The van der Waals surface area contributed by atoms with Gasteiger partial charge in [0.15, 0.2) is 0 Å². The van der Waals surface area contributed by atoms with E-state index in [9.17, 15) is 4.79 Å². The van der Waals surface area contributed by atoms with Gasteiger partial charge >= 0.3 is 31.1 Å². The fourth-order valence-corrected chi connectivity index (χ4v) is 0.709. The summed E-state index contributed by atoms with van der Waals surface area (Å²) in [5, 5.41) is 2.97. The fourth-order valence-electron chi connectivity index (χ4n) is 0.709. The van der Waals surface area contributed by atoms with Crippen molar-refractivity contribution in [1.29, 1.82) is 0 Å². The Morgan fingerprint density at radius 3 is 2.71 bits per heavy atom. The molecule has 0 spiro atoms. The van der Waals surface area contributed by atoms with Crippen molar-refractivity contribution < 1.29 is 35.9 Å². The molecule has 1 aromatic heterocycles. The summed E-state index contributed by atoms with van der Waals surface area (Å²) in [5.41, 5.74) is 0. The minimum Gasteiger partial charge on any atom is -0.542 e. The van der Waals surface area contributed by atoms with Gasteiger partial charge in [-0.2, -0.15) is 6.92 Å². The van der Waals surface area contributed by atoms with Gasteiger partial charge in [-0.25, -0.2) is 4.98 Å². The van der Waals surface area contributed by atoms with Crippen LogP contribution in [0, 0.1) is 38.0 Å². The maximum atomic E-state index is 9.81. The molecule has 0 fully saturated rings. The van der Waals surface area contributed by atoms with E-state index in [1.54, 1.807) is 19.4 Å². The number of anilines is 1. The number of carbonyl (C=O) groups excluding carboxylic acids is 1. The first-order chi connectivity index (χ1) is 6.43. The van der Waals surface area contributed by atoms with Gasteiger partial charge in [0, 0.05) is 6.20 Å². The Morgan fingerprint density at radius 1 is 1.50 bits per heavy atom. The van der Waals surface area contributed by atoms with Crippen molar-refractivity contribution in [2.45, 2.75) is 13.3 Å². The van der Waals surface area contributed by atoms with Gasteiger partial charge in [0.1, 0.15) is 5.82 Å². The Balaban J connectivity index is 0. The molecule has 0 amide bonds. The summed E-state index contributed by atoms with van der Waals surface area (Å²) in [4.78, 5) is 13.8. The molecule has 0 bridgehead atoms. The zero-order valence-corrected chi connectivity index (χ0v) is 12.4. The van der Waals surface area contributed by atoms with Crippen LogP contribution in [0.5, 0.6) is 0 Å². The van der Waals surface area contributed by atoms with Crippen molar-refractivity contribution in [2.75, 3.05) is 11.9 Å². The molecule has 1 N–H and O–H groups in total. The third-order valence-electron chi connectivity index (χ3n) is 1.20. The predicted octanol–water partition coefficient (Wildman–Crippen LogP) is 1.83. The van der Waals surface area contributed by atoms with Crippen molar-refractivity contribution in [3.63, 3.8) is 0 Å². The van der Waals surface area contributed by atoms with E-state index in [-0.39, 0.29) is 31.1 Å². The molecular formula is C10H14N2OU. The van der Waals surface area contributed by atoms with Crippen LogP contribution in [0.25, 0.3) is 0 Å². The molecule has 0 radical (unpaired) electrons. The fraction of sp³-hybridized carbons (Fsp3) is 0.300. The summed E-state index contributed by atoms with van der Waals surface area (Å²) in [7, 11) is 0. The molecule has 0 saturated carbocycles. The summed E-state index contributed by atoms with van der Waals surface area (Å²) in [6, 6.07) is 5.59.